The number of carbonyl (C=O) groups is 1. The molecule has 0 aliphatic rings. The van der Waals surface area contributed by atoms with Crippen molar-refractivity contribution >= 4 is 27.5 Å². The summed E-state index contributed by atoms with van der Waals surface area (Å²) >= 11 is 1.39. The number of hydrogen-bond acceptors (Lipinski definition) is 8. The average molecular weight is 519 g/mol. The third-order valence-corrected chi connectivity index (χ3v) is 6.25. The topological polar surface area (TPSA) is 89.7 Å². The maximum Gasteiger partial charge on any atom is 0.279 e. The number of methoxy groups -OCH3 is 2. The first-order chi connectivity index (χ1) is 17.5. The zero-order valence-electron chi connectivity index (χ0n) is 21.7. The number of nitrogens with zero attached hydrogens (tertiary/aromatic N) is 2. The van der Waals surface area contributed by atoms with Crippen LogP contribution in [0.3, 0.4) is 0 Å². The Hall–Kier alpha value is -3.24. The van der Waals surface area contributed by atoms with Crippen molar-refractivity contribution in [3.05, 3.63) is 34.6 Å². The van der Waals surface area contributed by atoms with Crippen molar-refractivity contribution in [1.82, 2.24) is 4.57 Å². The third kappa shape index (κ3) is 6.11. The van der Waals surface area contributed by atoms with Gasteiger partial charge in [0, 0.05) is 30.8 Å². The molecule has 1 heterocycles. The summed E-state index contributed by atoms with van der Waals surface area (Å²) in [5, 5.41) is 0. The Kier molecular flexibility index (Phi) is 10.0. The lowest BCUT2D eigenvalue weighted by atomic mass is 10.1. The molecular formula is C26H34N2O7S. The molecule has 196 valence electrons. The fourth-order valence-corrected chi connectivity index (χ4v) is 4.73. The lowest BCUT2D eigenvalue weighted by molar-refractivity contribution is 0.0995. The molecule has 2 aromatic carbocycles. The highest BCUT2D eigenvalue weighted by Crippen LogP contribution is 2.39. The minimum atomic E-state index is -0.421. The Morgan fingerprint density at radius 3 is 2.00 bits per heavy atom. The zero-order chi connectivity index (χ0) is 26.1. The number of thiazole rings is 1. The maximum atomic E-state index is 13.4. The van der Waals surface area contributed by atoms with Gasteiger partial charge in [-0.15, -0.1) is 0 Å². The van der Waals surface area contributed by atoms with E-state index >= 15 is 0 Å². The van der Waals surface area contributed by atoms with Gasteiger partial charge in [-0.1, -0.05) is 11.3 Å². The molecule has 9 nitrogen and oxygen atoms in total. The van der Waals surface area contributed by atoms with Gasteiger partial charge >= 0.3 is 0 Å². The molecule has 0 spiro atoms. The molecule has 1 aromatic heterocycles. The van der Waals surface area contributed by atoms with Crippen LogP contribution in [-0.4, -0.2) is 57.7 Å². The molecule has 0 saturated carbocycles. The Morgan fingerprint density at radius 1 is 0.833 bits per heavy atom. The van der Waals surface area contributed by atoms with E-state index in [2.05, 4.69) is 4.99 Å². The van der Waals surface area contributed by atoms with Gasteiger partial charge in [-0.2, -0.15) is 4.99 Å². The minimum absolute atomic E-state index is 0.342. The van der Waals surface area contributed by atoms with Crippen molar-refractivity contribution in [2.24, 2.45) is 4.99 Å². The molecule has 0 bridgehead atoms. The van der Waals surface area contributed by atoms with E-state index in [1.807, 2.05) is 44.4 Å². The van der Waals surface area contributed by atoms with Crippen LogP contribution in [0.5, 0.6) is 28.7 Å². The van der Waals surface area contributed by atoms with Gasteiger partial charge in [-0.3, -0.25) is 4.79 Å². The van der Waals surface area contributed by atoms with E-state index in [0.717, 1.165) is 10.2 Å². The second-order valence-corrected chi connectivity index (χ2v) is 8.43. The van der Waals surface area contributed by atoms with Crippen LogP contribution in [0, 0.1) is 0 Å². The summed E-state index contributed by atoms with van der Waals surface area (Å²) in [4.78, 5) is 18.4. The number of aromatic nitrogens is 1. The Bertz CT molecular complexity index is 1220. The predicted molar refractivity (Wildman–Crippen MR) is 139 cm³/mol. The van der Waals surface area contributed by atoms with Crippen molar-refractivity contribution < 1.29 is 33.2 Å². The van der Waals surface area contributed by atoms with Gasteiger partial charge in [-0.25, -0.2) is 0 Å². The van der Waals surface area contributed by atoms with Crippen LogP contribution >= 0.6 is 11.3 Å². The summed E-state index contributed by atoms with van der Waals surface area (Å²) in [6.07, 6.45) is 0. The number of carbonyl (C=O) groups excluding carboxylic acids is 1. The lowest BCUT2D eigenvalue weighted by Crippen LogP contribution is -2.20. The third-order valence-electron chi connectivity index (χ3n) is 5.20. The first kappa shape index (κ1) is 27.3. The van der Waals surface area contributed by atoms with Gasteiger partial charge in [0.1, 0.15) is 0 Å². The molecule has 0 radical (unpaired) electrons. The summed E-state index contributed by atoms with van der Waals surface area (Å²) in [5.74, 6) is 2.15. The Morgan fingerprint density at radius 2 is 1.44 bits per heavy atom. The van der Waals surface area contributed by atoms with Gasteiger partial charge in [0.05, 0.1) is 50.9 Å². The smallest absolute Gasteiger partial charge is 0.279 e. The second kappa shape index (κ2) is 13.2. The van der Waals surface area contributed by atoms with Gasteiger partial charge in [0.25, 0.3) is 5.91 Å². The molecule has 0 saturated heterocycles. The van der Waals surface area contributed by atoms with E-state index in [0.29, 0.717) is 78.7 Å². The molecule has 0 aliphatic heterocycles. The summed E-state index contributed by atoms with van der Waals surface area (Å²) in [6, 6.07) is 7.06. The molecule has 0 unspecified atom stereocenters. The van der Waals surface area contributed by atoms with Crippen LogP contribution in [0.25, 0.3) is 10.2 Å². The number of amides is 1. The number of benzene rings is 2. The van der Waals surface area contributed by atoms with Crippen LogP contribution < -0.4 is 28.5 Å². The van der Waals surface area contributed by atoms with Crippen LogP contribution in [0.15, 0.2) is 29.3 Å². The molecule has 0 fully saturated rings. The van der Waals surface area contributed by atoms with Crippen LogP contribution in [0.2, 0.25) is 0 Å². The number of rotatable bonds is 13. The first-order valence-corrected chi connectivity index (χ1v) is 12.8. The number of hydrogen-bond donors (Lipinski definition) is 0. The molecule has 3 rings (SSSR count). The molecule has 1 amide bonds. The minimum Gasteiger partial charge on any atom is -0.493 e. The van der Waals surface area contributed by atoms with Gasteiger partial charge < -0.3 is 33.0 Å². The summed E-state index contributed by atoms with van der Waals surface area (Å²) < 4.78 is 36.7. The number of fused-ring (bicyclic) bond motifs is 1. The van der Waals surface area contributed by atoms with E-state index in [1.54, 1.807) is 26.4 Å². The predicted octanol–water partition coefficient (Wildman–Crippen LogP) is 4.69. The quantitative estimate of drug-likeness (QED) is 0.303. The molecular weight excluding hydrogens is 484 g/mol. The summed E-state index contributed by atoms with van der Waals surface area (Å²) in [5.41, 5.74) is 1.22. The first-order valence-electron chi connectivity index (χ1n) is 12.0. The van der Waals surface area contributed by atoms with E-state index in [-0.39, 0.29) is 0 Å². The second-order valence-electron chi connectivity index (χ2n) is 7.43. The van der Waals surface area contributed by atoms with E-state index < -0.39 is 5.91 Å². The van der Waals surface area contributed by atoms with E-state index in [1.165, 1.54) is 11.3 Å². The molecule has 0 atom stereocenters. The summed E-state index contributed by atoms with van der Waals surface area (Å²) in [6.45, 7) is 10.4. The molecule has 0 N–H and O–H groups in total. The highest BCUT2D eigenvalue weighted by atomic mass is 32.1. The van der Waals surface area contributed by atoms with Gasteiger partial charge in [0.2, 0.25) is 5.75 Å². The zero-order valence-corrected chi connectivity index (χ0v) is 22.5. The lowest BCUT2D eigenvalue weighted by Gasteiger charge is -2.16. The standard InChI is InChI=1S/C26H34N2O7S/c1-7-32-12-11-28-18-15-19(30-5)20(31-6)16-23(18)36-26(28)27-25(29)17-13-21(33-8-2)24(35-10-4)22(14-17)34-9-3/h13-16H,7-12H2,1-6H3. The average Bonchev–Trinajstić information content (AvgIpc) is 3.20. The van der Waals surface area contributed by atoms with Crippen LogP contribution in [-0.2, 0) is 11.3 Å². The fourth-order valence-electron chi connectivity index (χ4n) is 3.66. The molecule has 3 aromatic rings. The Balaban J connectivity index is 2.15. The Labute approximate surface area is 215 Å². The SMILES string of the molecule is CCOCCn1c(=NC(=O)c2cc(OCC)c(OCC)c(OCC)c2)sc2cc(OC)c(OC)cc21. The fraction of sp³-hybridized carbons (Fsp3) is 0.462. The molecule has 0 aliphatic carbocycles. The van der Waals surface area contributed by atoms with Gasteiger partial charge in [0.15, 0.2) is 27.8 Å². The van der Waals surface area contributed by atoms with E-state index in [9.17, 15) is 4.79 Å². The highest BCUT2D eigenvalue weighted by molar-refractivity contribution is 7.16. The van der Waals surface area contributed by atoms with Crippen molar-refractivity contribution in [2.45, 2.75) is 34.2 Å². The van der Waals surface area contributed by atoms with Gasteiger partial charge in [-0.05, 0) is 39.8 Å². The van der Waals surface area contributed by atoms with E-state index in [4.69, 9.17) is 28.4 Å². The normalized spacial score (nSPS) is 11.6. The highest BCUT2D eigenvalue weighted by Gasteiger charge is 2.19. The monoisotopic (exact) mass is 518 g/mol. The van der Waals surface area contributed by atoms with Crippen molar-refractivity contribution in [3.63, 3.8) is 0 Å². The number of ether oxygens (including phenoxy) is 6. The summed E-state index contributed by atoms with van der Waals surface area (Å²) in [7, 11) is 3.18. The van der Waals surface area contributed by atoms with Crippen molar-refractivity contribution in [3.8, 4) is 28.7 Å². The largest absolute Gasteiger partial charge is 0.493 e. The maximum absolute atomic E-state index is 13.4. The van der Waals surface area contributed by atoms with Crippen molar-refractivity contribution in [1.29, 1.82) is 0 Å². The van der Waals surface area contributed by atoms with Crippen LogP contribution in [0.1, 0.15) is 38.1 Å². The molecule has 10 heteroatoms. The molecule has 36 heavy (non-hydrogen) atoms. The van der Waals surface area contributed by atoms with Crippen LogP contribution in [0.4, 0.5) is 0 Å². The van der Waals surface area contributed by atoms with Crippen molar-refractivity contribution in [2.75, 3.05) is 47.3 Å².